The van der Waals surface area contributed by atoms with Crippen LogP contribution in [0.3, 0.4) is 0 Å². The molecule has 0 amide bonds. The number of rotatable bonds is 3. The molecule has 0 unspecified atom stereocenters. The van der Waals surface area contributed by atoms with Crippen LogP contribution in [0.25, 0.3) is 11.0 Å². The Morgan fingerprint density at radius 1 is 1.24 bits per heavy atom. The van der Waals surface area contributed by atoms with E-state index in [1.54, 1.807) is 11.9 Å². The number of hydrogen-bond donors (Lipinski definition) is 1. The summed E-state index contributed by atoms with van der Waals surface area (Å²) in [5, 5.41) is 1.42. The minimum atomic E-state index is -4.40. The van der Waals surface area contributed by atoms with E-state index in [1.165, 1.54) is 0 Å². The Bertz CT molecular complexity index is 729. The summed E-state index contributed by atoms with van der Waals surface area (Å²) in [5.74, 6) is 0.597. The second-order valence-electron chi connectivity index (χ2n) is 4.56. The molecule has 0 aliphatic rings. The second kappa shape index (κ2) is 5.03. The Kier molecular flexibility index (Phi) is 3.32. The van der Waals surface area contributed by atoms with Crippen molar-refractivity contribution in [2.24, 2.45) is 0 Å². The van der Waals surface area contributed by atoms with Crippen molar-refractivity contribution in [1.29, 1.82) is 0 Å². The Balaban J connectivity index is 1.79. The second-order valence-corrected chi connectivity index (χ2v) is 5.50. The van der Waals surface area contributed by atoms with E-state index < -0.39 is 11.9 Å². The number of alkyl halides is 3. The van der Waals surface area contributed by atoms with Crippen molar-refractivity contribution in [2.45, 2.75) is 12.7 Å². The summed E-state index contributed by atoms with van der Waals surface area (Å²) in [6.07, 6.45) is -4.40. The molecule has 2 heterocycles. The van der Waals surface area contributed by atoms with Gasteiger partial charge >= 0.3 is 6.18 Å². The monoisotopic (exact) mass is 312 g/mol. The maximum atomic E-state index is 12.5. The van der Waals surface area contributed by atoms with Gasteiger partial charge in [-0.25, -0.2) is 9.97 Å². The van der Waals surface area contributed by atoms with Gasteiger partial charge in [-0.15, -0.1) is 11.3 Å². The van der Waals surface area contributed by atoms with Crippen molar-refractivity contribution in [3.05, 3.63) is 40.3 Å². The molecule has 2 aromatic heterocycles. The van der Waals surface area contributed by atoms with E-state index >= 15 is 0 Å². The number of anilines is 1. The topological polar surface area (TPSA) is 44.8 Å². The van der Waals surface area contributed by atoms with Gasteiger partial charge in [-0.2, -0.15) is 13.2 Å². The molecule has 0 radical (unpaired) electrons. The number of imidazole rings is 1. The van der Waals surface area contributed by atoms with Crippen LogP contribution in [0.1, 0.15) is 10.7 Å². The average Bonchev–Trinajstić information content (AvgIpc) is 3.03. The summed E-state index contributed by atoms with van der Waals surface area (Å²) in [4.78, 5) is 12.9. The highest BCUT2D eigenvalue weighted by Crippen LogP contribution is 2.30. The third-order valence-corrected chi connectivity index (χ3v) is 3.79. The molecule has 0 spiro atoms. The third-order valence-electron chi connectivity index (χ3n) is 2.95. The molecular weight excluding hydrogens is 301 g/mol. The van der Waals surface area contributed by atoms with Gasteiger partial charge in [-0.1, -0.05) is 12.1 Å². The predicted molar refractivity (Wildman–Crippen MR) is 75.3 cm³/mol. The van der Waals surface area contributed by atoms with Gasteiger partial charge in [-0.3, -0.25) is 0 Å². The number of fused-ring (bicyclic) bond motifs is 1. The molecule has 3 rings (SSSR count). The highest BCUT2D eigenvalue weighted by atomic mass is 32.1. The highest BCUT2D eigenvalue weighted by molar-refractivity contribution is 7.09. The van der Waals surface area contributed by atoms with Crippen LogP contribution in [0.2, 0.25) is 0 Å². The first-order valence-corrected chi connectivity index (χ1v) is 6.99. The van der Waals surface area contributed by atoms with Gasteiger partial charge in [0.05, 0.1) is 17.6 Å². The molecule has 110 valence electrons. The number of aromatic nitrogens is 3. The number of aromatic amines is 1. The summed E-state index contributed by atoms with van der Waals surface area (Å²) in [6, 6.07) is 7.53. The number of benzene rings is 1. The smallest absolute Gasteiger partial charge is 0.339 e. The zero-order chi connectivity index (χ0) is 15.0. The van der Waals surface area contributed by atoms with E-state index in [4.69, 9.17) is 0 Å². The number of nitrogens with zero attached hydrogens (tertiary/aromatic N) is 3. The van der Waals surface area contributed by atoms with Gasteiger partial charge in [0.15, 0.2) is 5.69 Å². The van der Waals surface area contributed by atoms with Crippen LogP contribution >= 0.6 is 11.3 Å². The van der Waals surface area contributed by atoms with E-state index in [-0.39, 0.29) is 6.54 Å². The molecule has 0 bridgehead atoms. The van der Waals surface area contributed by atoms with Crippen molar-refractivity contribution in [3.63, 3.8) is 0 Å². The Hall–Kier alpha value is -2.09. The normalized spacial score (nSPS) is 12.0. The molecule has 4 nitrogen and oxygen atoms in total. The lowest BCUT2D eigenvalue weighted by atomic mass is 10.3. The summed E-state index contributed by atoms with van der Waals surface area (Å²) < 4.78 is 37.5. The van der Waals surface area contributed by atoms with E-state index in [0.29, 0.717) is 11.0 Å². The van der Waals surface area contributed by atoms with Crippen LogP contribution in [0, 0.1) is 0 Å². The van der Waals surface area contributed by atoms with Crippen molar-refractivity contribution in [2.75, 3.05) is 11.9 Å². The minimum absolute atomic E-state index is 0.264. The SMILES string of the molecule is CN(Cc1nc(C(F)(F)F)cs1)c1nc2ccccc2[nH]1. The van der Waals surface area contributed by atoms with Gasteiger partial charge < -0.3 is 9.88 Å². The standard InChI is InChI=1S/C13H11F3N4S/c1-20(6-11-19-10(7-21-11)13(14,15)16)12-17-8-4-2-3-5-9(8)18-12/h2-5,7H,6H2,1H3,(H,17,18). The number of para-hydroxylation sites is 2. The van der Waals surface area contributed by atoms with E-state index in [2.05, 4.69) is 15.0 Å². The first kappa shape index (κ1) is 13.9. The summed E-state index contributed by atoms with van der Waals surface area (Å²) in [5.41, 5.74) is 0.851. The number of nitrogens with one attached hydrogen (secondary N) is 1. The van der Waals surface area contributed by atoms with Crippen LogP contribution in [-0.2, 0) is 12.7 Å². The van der Waals surface area contributed by atoms with Gasteiger partial charge in [-0.05, 0) is 12.1 Å². The third kappa shape index (κ3) is 2.85. The first-order valence-electron chi connectivity index (χ1n) is 6.11. The molecule has 0 saturated heterocycles. The van der Waals surface area contributed by atoms with Crippen molar-refractivity contribution < 1.29 is 13.2 Å². The zero-order valence-corrected chi connectivity index (χ0v) is 11.8. The Morgan fingerprint density at radius 2 is 2.00 bits per heavy atom. The summed E-state index contributed by atoms with van der Waals surface area (Å²) >= 11 is 0.992. The first-order chi connectivity index (χ1) is 9.93. The van der Waals surface area contributed by atoms with Crippen LogP contribution in [0.4, 0.5) is 19.1 Å². The molecule has 1 N–H and O–H groups in total. The Labute approximate surface area is 122 Å². The number of halogens is 3. The molecule has 21 heavy (non-hydrogen) atoms. The average molecular weight is 312 g/mol. The summed E-state index contributed by atoms with van der Waals surface area (Å²) in [7, 11) is 1.76. The van der Waals surface area contributed by atoms with E-state index in [1.807, 2.05) is 24.3 Å². The molecule has 0 fully saturated rings. The predicted octanol–water partition coefficient (Wildman–Crippen LogP) is 3.67. The van der Waals surface area contributed by atoms with Crippen LogP contribution in [-0.4, -0.2) is 22.0 Å². The highest BCUT2D eigenvalue weighted by Gasteiger charge is 2.33. The molecule has 3 aromatic rings. The fourth-order valence-electron chi connectivity index (χ4n) is 1.91. The molecule has 1 aromatic carbocycles. The van der Waals surface area contributed by atoms with E-state index in [0.717, 1.165) is 27.8 Å². The fraction of sp³-hybridized carbons (Fsp3) is 0.231. The Morgan fingerprint density at radius 3 is 2.67 bits per heavy atom. The van der Waals surface area contributed by atoms with Crippen molar-refractivity contribution in [3.8, 4) is 0 Å². The van der Waals surface area contributed by atoms with Gasteiger partial charge in [0.1, 0.15) is 5.01 Å². The quantitative estimate of drug-likeness (QED) is 0.802. The number of H-pyrrole nitrogens is 1. The molecular formula is C13H11F3N4S. The molecule has 0 atom stereocenters. The van der Waals surface area contributed by atoms with Crippen LogP contribution in [0.15, 0.2) is 29.6 Å². The lowest BCUT2D eigenvalue weighted by Gasteiger charge is -2.13. The van der Waals surface area contributed by atoms with Crippen LogP contribution in [0.5, 0.6) is 0 Å². The summed E-state index contributed by atoms with van der Waals surface area (Å²) in [6.45, 7) is 0.264. The maximum Gasteiger partial charge on any atom is 0.434 e. The molecule has 0 saturated carbocycles. The maximum absolute atomic E-state index is 12.5. The number of hydrogen-bond acceptors (Lipinski definition) is 4. The van der Waals surface area contributed by atoms with Crippen molar-refractivity contribution in [1.82, 2.24) is 15.0 Å². The molecule has 0 aliphatic carbocycles. The largest absolute Gasteiger partial charge is 0.434 e. The van der Waals surface area contributed by atoms with Gasteiger partial charge in [0.2, 0.25) is 5.95 Å². The fourth-order valence-corrected chi connectivity index (χ4v) is 2.76. The lowest BCUT2D eigenvalue weighted by molar-refractivity contribution is -0.140. The van der Waals surface area contributed by atoms with E-state index in [9.17, 15) is 13.2 Å². The minimum Gasteiger partial charge on any atom is -0.339 e. The van der Waals surface area contributed by atoms with Crippen LogP contribution < -0.4 is 4.90 Å². The molecule has 0 aliphatic heterocycles. The number of thiazole rings is 1. The molecule has 8 heteroatoms. The van der Waals surface area contributed by atoms with Gasteiger partial charge in [0, 0.05) is 12.4 Å². The zero-order valence-electron chi connectivity index (χ0n) is 11.0. The van der Waals surface area contributed by atoms with Crippen molar-refractivity contribution >= 4 is 28.3 Å². The lowest BCUT2D eigenvalue weighted by Crippen LogP contribution is -2.18. The van der Waals surface area contributed by atoms with Gasteiger partial charge in [0.25, 0.3) is 0 Å².